The molecule has 1 aliphatic heterocycles. The van der Waals surface area contributed by atoms with Crippen LogP contribution in [0.25, 0.3) is 0 Å². The predicted octanol–water partition coefficient (Wildman–Crippen LogP) is 3.71. The number of amides is 2. The van der Waals surface area contributed by atoms with E-state index in [2.05, 4.69) is 5.32 Å². The molecule has 1 saturated heterocycles. The SMILES string of the molecule is CCOC(=O)[C@H]1[C@H]2C(=O)N([C@@H](CO)Cc3ccccc3)[C@H](C(=O)Nc3ccccc3Cl)[C@H]2C=C[C@H]1C. The molecule has 36 heavy (non-hydrogen) atoms. The van der Waals surface area contributed by atoms with Crippen molar-refractivity contribution in [1.29, 1.82) is 0 Å². The highest BCUT2D eigenvalue weighted by atomic mass is 35.5. The van der Waals surface area contributed by atoms with Crippen LogP contribution < -0.4 is 5.32 Å². The van der Waals surface area contributed by atoms with E-state index in [0.29, 0.717) is 17.1 Å². The molecule has 2 N–H and O–H groups in total. The molecule has 6 atom stereocenters. The fraction of sp³-hybridized carbons (Fsp3) is 0.393. The van der Waals surface area contributed by atoms with Crippen molar-refractivity contribution >= 4 is 35.1 Å². The van der Waals surface area contributed by atoms with Crippen molar-refractivity contribution in [3.8, 4) is 0 Å². The van der Waals surface area contributed by atoms with Crippen molar-refractivity contribution in [1.82, 2.24) is 4.90 Å². The van der Waals surface area contributed by atoms with Gasteiger partial charge < -0.3 is 20.1 Å². The number of likely N-dealkylation sites (tertiary alicyclic amines) is 1. The summed E-state index contributed by atoms with van der Waals surface area (Å²) in [7, 11) is 0. The molecule has 4 rings (SSSR count). The molecular formula is C28H31ClN2O5. The van der Waals surface area contributed by atoms with Gasteiger partial charge in [-0.3, -0.25) is 14.4 Å². The Morgan fingerprint density at radius 1 is 1.11 bits per heavy atom. The Kier molecular flexibility index (Phi) is 8.11. The fourth-order valence-electron chi connectivity index (χ4n) is 5.44. The maximum atomic E-state index is 14.0. The minimum atomic E-state index is -0.930. The maximum Gasteiger partial charge on any atom is 0.310 e. The smallest absolute Gasteiger partial charge is 0.310 e. The van der Waals surface area contributed by atoms with Crippen molar-refractivity contribution in [2.24, 2.45) is 23.7 Å². The van der Waals surface area contributed by atoms with Gasteiger partial charge in [0.2, 0.25) is 11.8 Å². The largest absolute Gasteiger partial charge is 0.466 e. The minimum absolute atomic E-state index is 0.199. The van der Waals surface area contributed by atoms with E-state index in [0.717, 1.165) is 5.56 Å². The molecule has 1 fully saturated rings. The lowest BCUT2D eigenvalue weighted by Crippen LogP contribution is -2.51. The number of hydrogen-bond donors (Lipinski definition) is 2. The summed E-state index contributed by atoms with van der Waals surface area (Å²) in [6, 6.07) is 14.8. The zero-order valence-corrected chi connectivity index (χ0v) is 21.1. The second-order valence-corrected chi connectivity index (χ2v) is 9.72. The molecule has 190 valence electrons. The first-order valence-electron chi connectivity index (χ1n) is 12.2. The number of esters is 1. The molecule has 0 unspecified atom stereocenters. The molecule has 2 aromatic carbocycles. The number of allylic oxidation sites excluding steroid dienone is 1. The van der Waals surface area contributed by atoms with Crippen LogP contribution in [-0.4, -0.2) is 53.1 Å². The van der Waals surface area contributed by atoms with Crippen LogP contribution in [0, 0.1) is 23.7 Å². The Morgan fingerprint density at radius 3 is 2.47 bits per heavy atom. The van der Waals surface area contributed by atoms with Crippen LogP contribution in [0.2, 0.25) is 5.02 Å². The minimum Gasteiger partial charge on any atom is -0.466 e. The predicted molar refractivity (Wildman–Crippen MR) is 137 cm³/mol. The van der Waals surface area contributed by atoms with Gasteiger partial charge in [0.05, 0.1) is 41.8 Å². The number of aliphatic hydroxyl groups is 1. The summed E-state index contributed by atoms with van der Waals surface area (Å²) >= 11 is 6.28. The lowest BCUT2D eigenvalue weighted by Gasteiger charge is -2.33. The van der Waals surface area contributed by atoms with E-state index in [1.807, 2.05) is 49.4 Å². The van der Waals surface area contributed by atoms with Gasteiger partial charge in [-0.15, -0.1) is 0 Å². The quantitative estimate of drug-likeness (QED) is 0.417. The number of rotatable bonds is 8. The number of benzene rings is 2. The molecule has 0 bridgehead atoms. The Morgan fingerprint density at radius 2 is 1.81 bits per heavy atom. The molecule has 8 heteroatoms. The van der Waals surface area contributed by atoms with Crippen molar-refractivity contribution < 1.29 is 24.2 Å². The summed E-state index contributed by atoms with van der Waals surface area (Å²) in [5, 5.41) is 13.6. The number of carbonyl (C=O) groups is 3. The zero-order chi connectivity index (χ0) is 25.8. The van der Waals surface area contributed by atoms with E-state index >= 15 is 0 Å². The van der Waals surface area contributed by atoms with Crippen molar-refractivity contribution in [2.45, 2.75) is 32.4 Å². The van der Waals surface area contributed by atoms with Crippen molar-refractivity contribution in [3.63, 3.8) is 0 Å². The Balaban J connectivity index is 1.74. The Bertz CT molecular complexity index is 1140. The van der Waals surface area contributed by atoms with Gasteiger partial charge in [0.15, 0.2) is 0 Å². The van der Waals surface area contributed by atoms with Gasteiger partial charge in [-0.1, -0.05) is 73.1 Å². The molecule has 1 heterocycles. The number of carbonyl (C=O) groups excluding carboxylic acids is 3. The first-order valence-corrected chi connectivity index (χ1v) is 12.6. The van der Waals surface area contributed by atoms with E-state index in [9.17, 15) is 19.5 Å². The van der Waals surface area contributed by atoms with Gasteiger partial charge >= 0.3 is 5.97 Å². The fourth-order valence-corrected chi connectivity index (χ4v) is 5.62. The number of aliphatic hydroxyl groups excluding tert-OH is 1. The molecule has 0 saturated carbocycles. The molecule has 2 amide bonds. The van der Waals surface area contributed by atoms with Crippen molar-refractivity contribution in [3.05, 3.63) is 77.3 Å². The van der Waals surface area contributed by atoms with E-state index < -0.39 is 41.7 Å². The Labute approximate surface area is 216 Å². The standard InChI is InChI=1S/C28H31ClN2O5/c1-3-36-28(35)23-17(2)13-14-20-24(23)27(34)31(19(16-32)15-18-9-5-4-6-10-18)25(20)26(33)30-22-12-8-7-11-21(22)29/h4-14,17,19-20,23-25,32H,3,15-16H2,1-2H3,(H,30,33)/t17-,19-,20+,23-,24+,25+/m1/s1. The van der Waals surface area contributed by atoms with Crippen LogP contribution in [0.5, 0.6) is 0 Å². The monoisotopic (exact) mass is 510 g/mol. The van der Waals surface area contributed by atoms with E-state index in [4.69, 9.17) is 16.3 Å². The average Bonchev–Trinajstić information content (AvgIpc) is 3.16. The number of para-hydroxylation sites is 1. The molecule has 1 aliphatic carbocycles. The molecule has 7 nitrogen and oxygen atoms in total. The molecule has 2 aliphatic rings. The average molecular weight is 511 g/mol. The number of fused-ring (bicyclic) bond motifs is 1. The third-order valence-electron chi connectivity index (χ3n) is 7.09. The second kappa shape index (κ2) is 11.3. The number of nitrogens with one attached hydrogen (secondary N) is 1. The highest BCUT2D eigenvalue weighted by molar-refractivity contribution is 6.33. The van der Waals surface area contributed by atoms with E-state index in [-0.39, 0.29) is 25.0 Å². The Hall–Kier alpha value is -3.16. The second-order valence-electron chi connectivity index (χ2n) is 9.31. The van der Waals surface area contributed by atoms with Crippen LogP contribution >= 0.6 is 11.6 Å². The van der Waals surface area contributed by atoms with Gasteiger partial charge in [0, 0.05) is 5.92 Å². The van der Waals surface area contributed by atoms with Crippen LogP contribution in [0.15, 0.2) is 66.7 Å². The lowest BCUT2D eigenvalue weighted by molar-refractivity contribution is -0.155. The third kappa shape index (κ3) is 5.04. The van der Waals surface area contributed by atoms with Crippen LogP contribution in [0.3, 0.4) is 0 Å². The topological polar surface area (TPSA) is 95.9 Å². The van der Waals surface area contributed by atoms with Crippen molar-refractivity contribution in [2.75, 3.05) is 18.5 Å². The summed E-state index contributed by atoms with van der Waals surface area (Å²) in [6.07, 6.45) is 4.10. The summed E-state index contributed by atoms with van der Waals surface area (Å²) < 4.78 is 5.32. The maximum absolute atomic E-state index is 14.0. The van der Waals surface area contributed by atoms with Crippen LogP contribution in [0.1, 0.15) is 19.4 Å². The molecule has 0 spiro atoms. The van der Waals surface area contributed by atoms with E-state index in [1.54, 1.807) is 31.2 Å². The number of halogens is 1. The number of anilines is 1. The summed E-state index contributed by atoms with van der Waals surface area (Å²) in [5.41, 5.74) is 1.36. The highest BCUT2D eigenvalue weighted by Gasteiger charge is 2.58. The van der Waals surface area contributed by atoms with Gasteiger partial charge in [0.1, 0.15) is 6.04 Å². The highest BCUT2D eigenvalue weighted by Crippen LogP contribution is 2.45. The number of nitrogens with zero attached hydrogens (tertiary/aromatic N) is 1. The number of ether oxygens (including phenoxy) is 1. The normalized spacial score (nSPS) is 25.8. The van der Waals surface area contributed by atoms with Crippen LogP contribution in [-0.2, 0) is 25.5 Å². The summed E-state index contributed by atoms with van der Waals surface area (Å²) in [5.74, 6) is -3.48. The van der Waals surface area contributed by atoms with Gasteiger partial charge in [-0.2, -0.15) is 0 Å². The van der Waals surface area contributed by atoms with Gasteiger partial charge in [0.25, 0.3) is 0 Å². The third-order valence-corrected chi connectivity index (χ3v) is 7.42. The first-order chi connectivity index (χ1) is 17.4. The number of hydrogen-bond acceptors (Lipinski definition) is 5. The summed E-state index contributed by atoms with van der Waals surface area (Å²) in [4.78, 5) is 42.2. The molecule has 2 aromatic rings. The molecule has 0 aromatic heterocycles. The van der Waals surface area contributed by atoms with Gasteiger partial charge in [-0.25, -0.2) is 0 Å². The lowest BCUT2D eigenvalue weighted by atomic mass is 9.70. The zero-order valence-electron chi connectivity index (χ0n) is 20.3. The molecule has 0 radical (unpaired) electrons. The van der Waals surface area contributed by atoms with E-state index in [1.165, 1.54) is 4.90 Å². The van der Waals surface area contributed by atoms with Gasteiger partial charge in [-0.05, 0) is 37.0 Å². The summed E-state index contributed by atoms with van der Waals surface area (Å²) in [6.45, 7) is 3.46. The molecular weight excluding hydrogens is 480 g/mol. The van der Waals surface area contributed by atoms with Crippen LogP contribution in [0.4, 0.5) is 5.69 Å². The first kappa shape index (κ1) is 25.9.